The van der Waals surface area contributed by atoms with Crippen molar-refractivity contribution in [3.8, 4) is 0 Å². The molecule has 0 spiro atoms. The van der Waals surface area contributed by atoms with Crippen LogP contribution in [0, 0.1) is 5.92 Å². The maximum absolute atomic E-state index is 11.8. The summed E-state index contributed by atoms with van der Waals surface area (Å²) >= 11 is 15.0. The molecule has 0 aromatic carbocycles. The van der Waals surface area contributed by atoms with Gasteiger partial charge in [0.1, 0.15) is 5.02 Å². The van der Waals surface area contributed by atoms with Gasteiger partial charge in [-0.05, 0) is 17.5 Å². The summed E-state index contributed by atoms with van der Waals surface area (Å²) in [6, 6.07) is 0. The molecule has 2 heterocycles. The van der Waals surface area contributed by atoms with Crippen LogP contribution in [0.15, 0.2) is 6.20 Å². The second kappa shape index (κ2) is 4.85. The molecule has 7 heteroatoms. The molecule has 0 aliphatic carbocycles. The van der Waals surface area contributed by atoms with Crippen LogP contribution in [-0.4, -0.2) is 27.7 Å². The van der Waals surface area contributed by atoms with Gasteiger partial charge in [0.2, 0.25) is 11.2 Å². The Labute approximate surface area is 111 Å². The van der Waals surface area contributed by atoms with E-state index in [1.54, 1.807) is 4.90 Å². The maximum Gasteiger partial charge on any atom is 0.228 e. The van der Waals surface area contributed by atoms with Gasteiger partial charge in [0.15, 0.2) is 5.82 Å². The zero-order chi connectivity index (χ0) is 11.7. The predicted molar refractivity (Wildman–Crippen MR) is 66.3 cm³/mol. The Hall–Kier alpha value is -0.390. The molecule has 1 aromatic heterocycles. The lowest BCUT2D eigenvalue weighted by Crippen LogP contribution is -2.26. The van der Waals surface area contributed by atoms with Crippen molar-refractivity contribution in [2.45, 2.75) is 6.42 Å². The number of rotatable bonds is 2. The quantitative estimate of drug-likeness (QED) is 0.620. The van der Waals surface area contributed by atoms with Gasteiger partial charge in [0.25, 0.3) is 0 Å². The number of hydrogen-bond donors (Lipinski definition) is 0. The molecule has 1 aliphatic heterocycles. The summed E-state index contributed by atoms with van der Waals surface area (Å²) in [5.74, 6) is 0.702. The van der Waals surface area contributed by atoms with Gasteiger partial charge in [0, 0.05) is 18.3 Å². The first-order valence-electron chi connectivity index (χ1n) is 4.66. The number of amides is 1. The van der Waals surface area contributed by atoms with Crippen LogP contribution in [0.5, 0.6) is 0 Å². The topological polar surface area (TPSA) is 46.1 Å². The third-order valence-corrected chi connectivity index (χ3v) is 3.74. The van der Waals surface area contributed by atoms with Crippen LogP contribution in [0.25, 0.3) is 0 Å². The van der Waals surface area contributed by atoms with Crippen molar-refractivity contribution < 1.29 is 4.79 Å². The highest BCUT2D eigenvalue weighted by Crippen LogP contribution is 2.30. The zero-order valence-electron chi connectivity index (χ0n) is 8.16. The lowest BCUT2D eigenvalue weighted by atomic mass is 10.2. The Kier molecular flexibility index (Phi) is 3.66. The molecule has 1 saturated heterocycles. The van der Waals surface area contributed by atoms with Crippen molar-refractivity contribution in [2.24, 2.45) is 5.92 Å². The minimum atomic E-state index is 0.0149. The van der Waals surface area contributed by atoms with Crippen LogP contribution >= 0.6 is 39.1 Å². The lowest BCUT2D eigenvalue weighted by molar-refractivity contribution is -0.117. The zero-order valence-corrected chi connectivity index (χ0v) is 11.3. The maximum atomic E-state index is 11.8. The molecule has 1 aliphatic rings. The van der Waals surface area contributed by atoms with E-state index in [4.69, 9.17) is 23.2 Å². The number of halogens is 3. The van der Waals surface area contributed by atoms with Gasteiger partial charge in [-0.25, -0.2) is 4.98 Å². The van der Waals surface area contributed by atoms with E-state index >= 15 is 0 Å². The van der Waals surface area contributed by atoms with Crippen molar-refractivity contribution in [2.75, 3.05) is 16.8 Å². The van der Waals surface area contributed by atoms with E-state index in [1.165, 1.54) is 6.20 Å². The van der Waals surface area contributed by atoms with Crippen LogP contribution in [-0.2, 0) is 4.79 Å². The Morgan fingerprint density at radius 1 is 1.56 bits per heavy atom. The van der Waals surface area contributed by atoms with Crippen molar-refractivity contribution in [3.63, 3.8) is 0 Å². The van der Waals surface area contributed by atoms with E-state index in [9.17, 15) is 4.79 Å². The molecule has 1 atom stereocenters. The number of nitrogens with zero attached hydrogens (tertiary/aromatic N) is 3. The highest BCUT2D eigenvalue weighted by atomic mass is 79.9. The van der Waals surface area contributed by atoms with Gasteiger partial charge in [-0.2, -0.15) is 4.98 Å². The first-order chi connectivity index (χ1) is 7.61. The van der Waals surface area contributed by atoms with Gasteiger partial charge in [0.05, 0.1) is 6.20 Å². The van der Waals surface area contributed by atoms with E-state index in [0.29, 0.717) is 23.8 Å². The third kappa shape index (κ3) is 2.31. The first kappa shape index (κ1) is 12.1. The number of alkyl halides is 1. The van der Waals surface area contributed by atoms with Crippen molar-refractivity contribution in [1.29, 1.82) is 0 Å². The molecule has 16 heavy (non-hydrogen) atoms. The number of hydrogen-bond acceptors (Lipinski definition) is 3. The normalized spacial score (nSPS) is 20.6. The molecule has 0 bridgehead atoms. The molecule has 4 nitrogen and oxygen atoms in total. The highest BCUT2D eigenvalue weighted by Gasteiger charge is 2.32. The molecule has 1 unspecified atom stereocenters. The Morgan fingerprint density at radius 3 is 2.94 bits per heavy atom. The molecular weight excluding hydrogens is 317 g/mol. The lowest BCUT2D eigenvalue weighted by Gasteiger charge is -2.16. The van der Waals surface area contributed by atoms with Gasteiger partial charge >= 0.3 is 0 Å². The van der Waals surface area contributed by atoms with Crippen LogP contribution in [0.3, 0.4) is 0 Å². The number of carbonyl (C=O) groups excluding carboxylic acids is 1. The summed E-state index contributed by atoms with van der Waals surface area (Å²) in [6.07, 6.45) is 1.91. The van der Waals surface area contributed by atoms with Gasteiger partial charge in [-0.15, -0.1) is 0 Å². The van der Waals surface area contributed by atoms with Crippen molar-refractivity contribution >= 4 is 50.9 Å². The SMILES string of the molecule is O=C1CC(CBr)CN1c1nc(Cl)ncc1Cl. The van der Waals surface area contributed by atoms with Crippen LogP contribution < -0.4 is 4.90 Å². The van der Waals surface area contributed by atoms with E-state index in [2.05, 4.69) is 25.9 Å². The van der Waals surface area contributed by atoms with Crippen molar-refractivity contribution in [3.05, 3.63) is 16.5 Å². The van der Waals surface area contributed by atoms with Crippen LogP contribution in [0.4, 0.5) is 5.82 Å². The summed E-state index contributed by atoms with van der Waals surface area (Å²) in [5.41, 5.74) is 0. The fourth-order valence-electron chi connectivity index (χ4n) is 1.62. The Bertz CT molecular complexity index is 429. The molecule has 0 radical (unpaired) electrons. The van der Waals surface area contributed by atoms with E-state index in [-0.39, 0.29) is 17.1 Å². The number of aromatic nitrogens is 2. The number of anilines is 1. The third-order valence-electron chi connectivity index (χ3n) is 2.38. The summed E-state index contributed by atoms with van der Waals surface area (Å²) in [5, 5.41) is 1.22. The first-order valence-corrected chi connectivity index (χ1v) is 6.54. The van der Waals surface area contributed by atoms with Gasteiger partial charge < -0.3 is 0 Å². The molecular formula is C9H8BrCl2N3O. The second-order valence-electron chi connectivity index (χ2n) is 3.54. The minimum Gasteiger partial charge on any atom is -0.295 e. The standard InChI is InChI=1S/C9H8BrCl2N3O/c10-2-5-1-7(16)15(4-5)8-6(11)3-13-9(12)14-8/h3,5H,1-2,4H2. The number of carbonyl (C=O) groups is 1. The van der Waals surface area contributed by atoms with Gasteiger partial charge in [-0.3, -0.25) is 9.69 Å². The molecule has 86 valence electrons. The molecule has 2 rings (SSSR count). The molecule has 0 N–H and O–H groups in total. The predicted octanol–water partition coefficient (Wildman–Crippen LogP) is 2.53. The average molecular weight is 325 g/mol. The summed E-state index contributed by atoms with van der Waals surface area (Å²) < 4.78 is 0. The summed E-state index contributed by atoms with van der Waals surface area (Å²) in [7, 11) is 0. The largest absolute Gasteiger partial charge is 0.295 e. The highest BCUT2D eigenvalue weighted by molar-refractivity contribution is 9.09. The van der Waals surface area contributed by atoms with E-state index < -0.39 is 0 Å². The second-order valence-corrected chi connectivity index (χ2v) is 4.93. The Morgan fingerprint density at radius 2 is 2.31 bits per heavy atom. The van der Waals surface area contributed by atoms with Gasteiger partial charge in [-0.1, -0.05) is 27.5 Å². The summed E-state index contributed by atoms with van der Waals surface area (Å²) in [6.45, 7) is 0.608. The summed E-state index contributed by atoms with van der Waals surface area (Å²) in [4.78, 5) is 21.0. The van der Waals surface area contributed by atoms with Crippen LogP contribution in [0.1, 0.15) is 6.42 Å². The van der Waals surface area contributed by atoms with Crippen molar-refractivity contribution in [1.82, 2.24) is 9.97 Å². The molecule has 0 saturated carbocycles. The molecule has 1 amide bonds. The smallest absolute Gasteiger partial charge is 0.228 e. The van der Waals surface area contributed by atoms with E-state index in [1.807, 2.05) is 0 Å². The average Bonchev–Trinajstić information content (AvgIpc) is 2.63. The molecule has 1 fully saturated rings. The minimum absolute atomic E-state index is 0.0149. The Balaban J connectivity index is 2.30. The fourth-order valence-corrected chi connectivity index (χ4v) is 2.37. The fraction of sp³-hybridized carbons (Fsp3) is 0.444. The monoisotopic (exact) mass is 323 g/mol. The van der Waals surface area contributed by atoms with E-state index in [0.717, 1.165) is 5.33 Å². The molecule has 1 aromatic rings. The van der Waals surface area contributed by atoms with Crippen LogP contribution in [0.2, 0.25) is 10.3 Å².